The lowest BCUT2D eigenvalue weighted by atomic mass is 10.1. The molecular weight excluding hydrogens is 518 g/mol. The van der Waals surface area contributed by atoms with E-state index >= 15 is 0 Å². The van der Waals surface area contributed by atoms with E-state index in [0.29, 0.717) is 11.7 Å². The third kappa shape index (κ3) is 6.63. The van der Waals surface area contributed by atoms with Crippen LogP contribution < -0.4 is 4.90 Å². The van der Waals surface area contributed by atoms with Crippen molar-refractivity contribution in [2.75, 3.05) is 44.3 Å². The Hall–Kier alpha value is -2.04. The first-order valence-corrected chi connectivity index (χ1v) is 14.4. The molecule has 0 atom stereocenters. The van der Waals surface area contributed by atoms with Crippen molar-refractivity contribution >= 4 is 54.8 Å². The molecule has 36 heavy (non-hydrogen) atoms. The minimum Gasteiger partial charge on any atom is -0.379 e. The molecule has 0 radical (unpaired) electrons. The molecule has 0 unspecified atom stereocenters. The van der Waals surface area contributed by atoms with Crippen LogP contribution in [0.4, 0.5) is 5.13 Å². The largest absolute Gasteiger partial charge is 0.379 e. The molecule has 1 fully saturated rings. The fourth-order valence-electron chi connectivity index (χ4n) is 4.13. The number of hydrogen-bond acceptors (Lipinski definition) is 7. The van der Waals surface area contributed by atoms with Crippen molar-refractivity contribution in [3.63, 3.8) is 0 Å². The maximum absolute atomic E-state index is 13.5. The first-order valence-electron chi connectivity index (χ1n) is 12.0. The average Bonchev–Trinajstić information content (AvgIpc) is 3.28. The second-order valence-electron chi connectivity index (χ2n) is 9.19. The van der Waals surface area contributed by atoms with Crippen LogP contribution in [0.5, 0.6) is 0 Å². The molecule has 2 aromatic carbocycles. The van der Waals surface area contributed by atoms with E-state index in [2.05, 4.69) is 4.90 Å². The molecule has 10 heteroatoms. The molecule has 196 valence electrons. The molecule has 1 aromatic heterocycles. The molecular formula is C26H34ClN3O4S2. The lowest BCUT2D eigenvalue weighted by Crippen LogP contribution is -2.39. The van der Waals surface area contributed by atoms with Crippen LogP contribution in [0.3, 0.4) is 0 Å². The number of sulfone groups is 1. The number of benzene rings is 2. The summed E-state index contributed by atoms with van der Waals surface area (Å²) in [6.45, 7) is 10.2. The zero-order valence-electron chi connectivity index (χ0n) is 21.0. The minimum atomic E-state index is -3.34. The maximum atomic E-state index is 13.5. The van der Waals surface area contributed by atoms with E-state index in [4.69, 9.17) is 9.72 Å². The van der Waals surface area contributed by atoms with Gasteiger partial charge in [-0.15, -0.1) is 12.4 Å². The summed E-state index contributed by atoms with van der Waals surface area (Å²) >= 11 is 1.53. The van der Waals surface area contributed by atoms with Gasteiger partial charge in [0.1, 0.15) is 0 Å². The minimum absolute atomic E-state index is 0. The fourth-order valence-corrected chi connectivity index (χ4v) is 6.28. The van der Waals surface area contributed by atoms with Crippen molar-refractivity contribution in [1.82, 2.24) is 9.88 Å². The van der Waals surface area contributed by atoms with Gasteiger partial charge < -0.3 is 4.74 Å². The number of aryl methyl sites for hydroxylation is 1. The summed E-state index contributed by atoms with van der Waals surface area (Å²) in [5, 5.41) is 0.222. The summed E-state index contributed by atoms with van der Waals surface area (Å²) < 4.78 is 31.4. The van der Waals surface area contributed by atoms with E-state index in [-0.39, 0.29) is 29.6 Å². The number of carbonyl (C=O) groups excluding carboxylic acids is 1. The summed E-state index contributed by atoms with van der Waals surface area (Å²) in [4.78, 5) is 22.7. The van der Waals surface area contributed by atoms with Crippen LogP contribution in [0.2, 0.25) is 0 Å². The number of fused-ring (bicyclic) bond motifs is 1. The highest BCUT2D eigenvalue weighted by Gasteiger charge is 2.22. The number of nitrogens with zero attached hydrogens (tertiary/aromatic N) is 3. The predicted molar refractivity (Wildman–Crippen MR) is 148 cm³/mol. The van der Waals surface area contributed by atoms with Crippen LogP contribution in [-0.2, 0) is 25.8 Å². The van der Waals surface area contributed by atoms with E-state index in [1.807, 2.05) is 25.1 Å². The Morgan fingerprint density at radius 1 is 1.14 bits per heavy atom. The Kier molecular flexibility index (Phi) is 9.88. The monoisotopic (exact) mass is 551 g/mol. The van der Waals surface area contributed by atoms with Gasteiger partial charge in [0.25, 0.3) is 0 Å². The highest BCUT2D eigenvalue weighted by Crippen LogP contribution is 2.31. The molecule has 7 nitrogen and oxygen atoms in total. The number of ether oxygens (including phenoxy) is 1. The number of para-hydroxylation sites is 1. The lowest BCUT2D eigenvalue weighted by Gasteiger charge is -2.27. The van der Waals surface area contributed by atoms with Gasteiger partial charge in [-0.3, -0.25) is 14.6 Å². The van der Waals surface area contributed by atoms with Gasteiger partial charge in [-0.05, 0) is 56.5 Å². The van der Waals surface area contributed by atoms with E-state index in [0.717, 1.165) is 60.6 Å². The highest BCUT2D eigenvalue weighted by atomic mass is 35.5. The van der Waals surface area contributed by atoms with Crippen molar-refractivity contribution < 1.29 is 17.9 Å². The molecule has 1 amide bonds. The van der Waals surface area contributed by atoms with E-state index in [1.165, 1.54) is 11.3 Å². The fraction of sp³-hybridized carbons (Fsp3) is 0.462. The standard InChI is InChI=1S/C26H33N3O4S2.ClH/c1-19(2)35(31,32)22-10-8-21(9-11-22)18-24(30)29(13-5-12-28-14-16-33-17-15-28)26-27-25-20(3)6-4-7-23(25)34-26;/h4,6-11,19H,5,12-18H2,1-3H3;1H. The SMILES string of the molecule is Cc1cccc2sc(N(CCCN3CCOCC3)C(=O)Cc3ccc(S(=O)(=O)C(C)C)cc3)nc12.Cl. The normalized spacial score (nSPS) is 14.7. The number of anilines is 1. The van der Waals surface area contributed by atoms with Gasteiger partial charge in [0, 0.05) is 26.2 Å². The molecule has 2 heterocycles. The molecule has 0 N–H and O–H groups in total. The van der Waals surface area contributed by atoms with Crippen LogP contribution in [0, 0.1) is 6.92 Å². The molecule has 1 aliphatic heterocycles. The third-order valence-corrected chi connectivity index (χ3v) is 9.54. The van der Waals surface area contributed by atoms with Crippen molar-refractivity contribution in [3.05, 3.63) is 53.6 Å². The van der Waals surface area contributed by atoms with Gasteiger partial charge in [-0.2, -0.15) is 0 Å². The average molecular weight is 552 g/mol. The first kappa shape index (κ1) is 28.5. The molecule has 0 aliphatic carbocycles. The first-order chi connectivity index (χ1) is 16.8. The van der Waals surface area contributed by atoms with Crippen molar-refractivity contribution in [2.45, 2.75) is 43.8 Å². The lowest BCUT2D eigenvalue weighted by molar-refractivity contribution is -0.118. The zero-order chi connectivity index (χ0) is 25.0. The summed E-state index contributed by atoms with van der Waals surface area (Å²) in [5.41, 5.74) is 2.81. The van der Waals surface area contributed by atoms with Crippen molar-refractivity contribution in [2.24, 2.45) is 0 Å². The van der Waals surface area contributed by atoms with Gasteiger partial charge in [-0.25, -0.2) is 13.4 Å². The Balaban J connectivity index is 0.00000361. The van der Waals surface area contributed by atoms with Crippen LogP contribution in [-0.4, -0.2) is 68.9 Å². The number of halogens is 1. The molecule has 1 saturated heterocycles. The van der Waals surface area contributed by atoms with Crippen LogP contribution >= 0.6 is 23.7 Å². The van der Waals surface area contributed by atoms with Gasteiger partial charge in [0.2, 0.25) is 5.91 Å². The molecule has 4 rings (SSSR count). The second-order valence-corrected chi connectivity index (χ2v) is 12.7. The van der Waals surface area contributed by atoms with Crippen LogP contribution in [0.1, 0.15) is 31.4 Å². The van der Waals surface area contributed by atoms with Crippen molar-refractivity contribution in [3.8, 4) is 0 Å². The number of aromatic nitrogens is 1. The van der Waals surface area contributed by atoms with Gasteiger partial charge in [-0.1, -0.05) is 35.6 Å². The van der Waals surface area contributed by atoms with E-state index in [9.17, 15) is 13.2 Å². The van der Waals surface area contributed by atoms with E-state index in [1.54, 1.807) is 43.0 Å². The number of hydrogen-bond donors (Lipinski definition) is 0. The number of amides is 1. The summed E-state index contributed by atoms with van der Waals surface area (Å²) in [7, 11) is -3.34. The Labute approximate surface area is 223 Å². The molecule has 0 bridgehead atoms. The topological polar surface area (TPSA) is 79.8 Å². The van der Waals surface area contributed by atoms with Gasteiger partial charge in [0.15, 0.2) is 15.0 Å². The zero-order valence-corrected chi connectivity index (χ0v) is 23.4. The molecule has 0 saturated carbocycles. The van der Waals surface area contributed by atoms with Gasteiger partial charge in [0.05, 0.1) is 40.0 Å². The van der Waals surface area contributed by atoms with Crippen LogP contribution in [0.15, 0.2) is 47.4 Å². The van der Waals surface area contributed by atoms with Crippen molar-refractivity contribution in [1.29, 1.82) is 0 Å². The predicted octanol–water partition coefficient (Wildman–Crippen LogP) is 4.51. The maximum Gasteiger partial charge on any atom is 0.233 e. The molecule has 0 spiro atoms. The second kappa shape index (κ2) is 12.5. The quantitative estimate of drug-likeness (QED) is 0.389. The number of thiazole rings is 1. The summed E-state index contributed by atoms with van der Waals surface area (Å²) in [6.07, 6.45) is 1.03. The molecule has 3 aromatic rings. The Morgan fingerprint density at radius 2 is 1.83 bits per heavy atom. The van der Waals surface area contributed by atoms with Crippen LogP contribution in [0.25, 0.3) is 10.2 Å². The number of carbonyl (C=O) groups is 1. The van der Waals surface area contributed by atoms with E-state index < -0.39 is 15.1 Å². The third-order valence-electron chi connectivity index (χ3n) is 6.33. The smallest absolute Gasteiger partial charge is 0.233 e. The van der Waals surface area contributed by atoms with Gasteiger partial charge >= 0.3 is 0 Å². The Bertz CT molecular complexity index is 1270. The summed E-state index contributed by atoms with van der Waals surface area (Å²) in [6, 6.07) is 12.8. The molecule has 1 aliphatic rings. The summed E-state index contributed by atoms with van der Waals surface area (Å²) in [5.74, 6) is -0.0387. The Morgan fingerprint density at radius 3 is 2.47 bits per heavy atom. The number of rotatable bonds is 9. The highest BCUT2D eigenvalue weighted by molar-refractivity contribution is 7.92. The number of morpholine rings is 1.